The first kappa shape index (κ1) is 26.6. The standard InChI is InChI=1S/C32H41N3O3/c1-33-19-17-32(38,18-20-33)28(24-11-5-3-6-12-24)23-35(31(37)25-13-7-4-8-14-25)22-27-21-26-15-9-10-16-29(26)34(2)30(27)36/h3,5-6,9-12,15-16,21,25,28,38H,4,7-8,13-14,17-20,22-23H2,1-2H3. The number of rotatable bonds is 7. The van der Waals surface area contributed by atoms with Gasteiger partial charge in [-0.05, 0) is 55.8 Å². The van der Waals surface area contributed by atoms with Gasteiger partial charge in [-0.1, -0.05) is 67.8 Å². The molecule has 5 rings (SSSR count). The number of para-hydroxylation sites is 1. The van der Waals surface area contributed by atoms with Crippen molar-refractivity contribution in [2.45, 2.75) is 63.0 Å². The minimum atomic E-state index is -0.909. The lowest BCUT2D eigenvalue weighted by Crippen LogP contribution is -2.51. The Kier molecular flexibility index (Phi) is 8.01. The van der Waals surface area contributed by atoms with Gasteiger partial charge in [0, 0.05) is 44.1 Å². The molecular formula is C32H41N3O3. The molecule has 202 valence electrons. The minimum Gasteiger partial charge on any atom is -0.389 e. The van der Waals surface area contributed by atoms with Crippen LogP contribution < -0.4 is 5.56 Å². The zero-order valence-electron chi connectivity index (χ0n) is 22.8. The second-order valence-electron chi connectivity index (χ2n) is 11.5. The van der Waals surface area contributed by atoms with Crippen LogP contribution in [0.15, 0.2) is 65.5 Å². The maximum Gasteiger partial charge on any atom is 0.255 e. The molecule has 1 aliphatic heterocycles. The first-order valence-corrected chi connectivity index (χ1v) is 14.2. The fourth-order valence-electron chi connectivity index (χ4n) is 6.49. The number of hydrogen-bond acceptors (Lipinski definition) is 4. The number of fused-ring (bicyclic) bond motifs is 1. The van der Waals surface area contributed by atoms with Crippen molar-refractivity contribution >= 4 is 16.8 Å². The van der Waals surface area contributed by atoms with E-state index in [1.54, 1.807) is 11.6 Å². The first-order valence-electron chi connectivity index (χ1n) is 14.2. The highest BCUT2D eigenvalue weighted by Gasteiger charge is 2.42. The van der Waals surface area contributed by atoms with Gasteiger partial charge in [-0.2, -0.15) is 0 Å². The second kappa shape index (κ2) is 11.4. The van der Waals surface area contributed by atoms with E-state index in [0.717, 1.165) is 55.2 Å². The summed E-state index contributed by atoms with van der Waals surface area (Å²) >= 11 is 0. The topological polar surface area (TPSA) is 65.8 Å². The second-order valence-corrected chi connectivity index (χ2v) is 11.5. The largest absolute Gasteiger partial charge is 0.389 e. The maximum absolute atomic E-state index is 14.1. The molecule has 2 aromatic carbocycles. The molecule has 1 aliphatic carbocycles. The van der Waals surface area contributed by atoms with Crippen LogP contribution in [0.25, 0.3) is 10.9 Å². The van der Waals surface area contributed by atoms with Crippen molar-refractivity contribution in [1.29, 1.82) is 0 Å². The molecule has 1 atom stereocenters. The monoisotopic (exact) mass is 515 g/mol. The summed E-state index contributed by atoms with van der Waals surface area (Å²) in [4.78, 5) is 31.7. The van der Waals surface area contributed by atoms with Crippen LogP contribution >= 0.6 is 0 Å². The van der Waals surface area contributed by atoms with Gasteiger partial charge >= 0.3 is 0 Å². The highest BCUT2D eigenvalue weighted by molar-refractivity contribution is 5.81. The molecule has 0 spiro atoms. The lowest BCUT2D eigenvalue weighted by molar-refractivity contribution is -0.139. The number of carbonyl (C=O) groups excluding carboxylic acids is 1. The quantitative estimate of drug-likeness (QED) is 0.496. The number of benzene rings is 2. The summed E-state index contributed by atoms with van der Waals surface area (Å²) in [5.74, 6) is -0.122. The number of pyridine rings is 1. The third-order valence-corrected chi connectivity index (χ3v) is 8.94. The van der Waals surface area contributed by atoms with E-state index < -0.39 is 5.60 Å². The summed E-state index contributed by atoms with van der Waals surface area (Å²) < 4.78 is 1.69. The number of carbonyl (C=O) groups is 1. The zero-order valence-corrected chi connectivity index (χ0v) is 22.8. The summed E-state index contributed by atoms with van der Waals surface area (Å²) in [5, 5.41) is 13.0. The molecule has 2 aliphatic rings. The predicted molar refractivity (Wildman–Crippen MR) is 152 cm³/mol. The number of likely N-dealkylation sites (tertiary alicyclic amines) is 1. The highest BCUT2D eigenvalue weighted by Crippen LogP contribution is 2.38. The molecule has 2 fully saturated rings. The Morgan fingerprint density at radius 2 is 1.66 bits per heavy atom. The molecule has 38 heavy (non-hydrogen) atoms. The van der Waals surface area contributed by atoms with Crippen molar-refractivity contribution < 1.29 is 9.90 Å². The molecule has 0 radical (unpaired) electrons. The SMILES string of the molecule is CN1CCC(O)(C(CN(Cc2cc3ccccc3n(C)c2=O)C(=O)C2CCCCC2)c2ccccc2)CC1. The van der Waals surface area contributed by atoms with Crippen molar-refractivity contribution in [2.24, 2.45) is 13.0 Å². The van der Waals surface area contributed by atoms with Crippen LogP contribution in [0.3, 0.4) is 0 Å². The van der Waals surface area contributed by atoms with E-state index >= 15 is 0 Å². The number of nitrogens with zero attached hydrogens (tertiary/aromatic N) is 3. The Hall–Kier alpha value is -2.96. The van der Waals surface area contributed by atoms with Gasteiger partial charge in [0.25, 0.3) is 5.56 Å². The maximum atomic E-state index is 14.1. The Bertz CT molecular complexity index is 1300. The molecule has 1 amide bonds. The van der Waals surface area contributed by atoms with Crippen LogP contribution in [0.1, 0.15) is 62.0 Å². The van der Waals surface area contributed by atoms with Gasteiger partial charge in [-0.3, -0.25) is 9.59 Å². The van der Waals surface area contributed by atoms with Crippen LogP contribution in [0, 0.1) is 5.92 Å². The summed E-state index contributed by atoms with van der Waals surface area (Å²) in [6.07, 6.45) is 6.43. The van der Waals surface area contributed by atoms with Crippen LogP contribution in [0.5, 0.6) is 0 Å². The zero-order chi connectivity index (χ0) is 26.7. The van der Waals surface area contributed by atoms with E-state index in [9.17, 15) is 14.7 Å². The van der Waals surface area contributed by atoms with Gasteiger partial charge < -0.3 is 19.5 Å². The van der Waals surface area contributed by atoms with Crippen molar-refractivity contribution in [2.75, 3.05) is 26.7 Å². The predicted octanol–water partition coefficient (Wildman–Crippen LogP) is 4.69. The summed E-state index contributed by atoms with van der Waals surface area (Å²) in [5.41, 5.74) is 1.58. The molecule has 6 nitrogen and oxygen atoms in total. The van der Waals surface area contributed by atoms with Crippen LogP contribution in [0.4, 0.5) is 0 Å². The molecule has 1 unspecified atom stereocenters. The third kappa shape index (κ3) is 5.57. The third-order valence-electron chi connectivity index (χ3n) is 8.94. The average molecular weight is 516 g/mol. The highest BCUT2D eigenvalue weighted by atomic mass is 16.3. The van der Waals surface area contributed by atoms with Crippen molar-refractivity contribution in [3.8, 4) is 0 Å². The van der Waals surface area contributed by atoms with E-state index in [2.05, 4.69) is 24.1 Å². The first-order chi connectivity index (χ1) is 18.4. The van der Waals surface area contributed by atoms with E-state index in [4.69, 9.17) is 0 Å². The number of piperidine rings is 1. The van der Waals surface area contributed by atoms with Crippen LogP contribution in [-0.4, -0.2) is 57.7 Å². The van der Waals surface area contributed by atoms with Gasteiger partial charge in [-0.25, -0.2) is 0 Å². The van der Waals surface area contributed by atoms with Gasteiger partial charge in [-0.15, -0.1) is 0 Å². The molecule has 1 N–H and O–H groups in total. The summed E-state index contributed by atoms with van der Waals surface area (Å²) in [6.45, 7) is 2.30. The molecule has 3 aromatic rings. The van der Waals surface area contributed by atoms with Gasteiger partial charge in [0.2, 0.25) is 5.91 Å². The Morgan fingerprint density at radius 3 is 2.37 bits per heavy atom. The normalized spacial score (nSPS) is 19.3. The van der Waals surface area contributed by atoms with Crippen molar-refractivity contribution in [1.82, 2.24) is 14.4 Å². The van der Waals surface area contributed by atoms with Gasteiger partial charge in [0.05, 0.1) is 17.7 Å². The number of aliphatic hydroxyl groups is 1. The average Bonchev–Trinajstić information content (AvgIpc) is 2.96. The number of hydrogen-bond donors (Lipinski definition) is 1. The summed E-state index contributed by atoms with van der Waals surface area (Å²) in [6, 6.07) is 20.0. The smallest absolute Gasteiger partial charge is 0.255 e. The fourth-order valence-corrected chi connectivity index (χ4v) is 6.49. The van der Waals surface area contributed by atoms with E-state index in [0.29, 0.717) is 24.9 Å². The number of aryl methyl sites for hydroxylation is 1. The Morgan fingerprint density at radius 1 is 1.00 bits per heavy atom. The number of amides is 1. The Balaban J connectivity index is 1.53. The van der Waals surface area contributed by atoms with Gasteiger partial charge in [0.1, 0.15) is 0 Å². The van der Waals surface area contributed by atoms with Crippen LogP contribution in [-0.2, 0) is 18.4 Å². The fraction of sp³-hybridized carbons (Fsp3) is 0.500. The lowest BCUT2D eigenvalue weighted by atomic mass is 9.75. The van der Waals surface area contributed by atoms with Gasteiger partial charge in [0.15, 0.2) is 0 Å². The molecular weight excluding hydrogens is 474 g/mol. The Labute approximate surface area is 225 Å². The molecule has 6 heteroatoms. The number of aromatic nitrogens is 1. The summed E-state index contributed by atoms with van der Waals surface area (Å²) in [7, 11) is 3.89. The van der Waals surface area contributed by atoms with E-state index in [1.807, 2.05) is 53.4 Å². The molecule has 1 aromatic heterocycles. The molecule has 0 bridgehead atoms. The molecule has 2 heterocycles. The van der Waals surface area contributed by atoms with Crippen LogP contribution in [0.2, 0.25) is 0 Å². The molecule has 1 saturated carbocycles. The van der Waals surface area contributed by atoms with E-state index in [-0.39, 0.29) is 29.8 Å². The molecule has 1 saturated heterocycles. The minimum absolute atomic E-state index is 0.0170. The lowest BCUT2D eigenvalue weighted by Gasteiger charge is -2.44. The van der Waals surface area contributed by atoms with E-state index in [1.165, 1.54) is 6.42 Å². The van der Waals surface area contributed by atoms with Crippen molar-refractivity contribution in [3.05, 3.63) is 82.1 Å². The van der Waals surface area contributed by atoms with Crippen molar-refractivity contribution in [3.63, 3.8) is 0 Å².